The molecular weight excluding hydrogens is 286 g/mol. The van der Waals surface area contributed by atoms with Gasteiger partial charge in [-0.2, -0.15) is 0 Å². The van der Waals surface area contributed by atoms with E-state index in [1.54, 1.807) is 0 Å². The Morgan fingerprint density at radius 1 is 1.29 bits per heavy atom. The van der Waals surface area contributed by atoms with E-state index < -0.39 is 11.0 Å². The molecule has 4 nitrogen and oxygen atoms in total. The van der Waals surface area contributed by atoms with Gasteiger partial charge in [-0.15, -0.1) is 0 Å². The molecule has 5 heteroatoms. The summed E-state index contributed by atoms with van der Waals surface area (Å²) in [5.41, 5.74) is 0. The molecule has 0 radical (unpaired) electrons. The largest absolute Gasteiger partial charge is 0.466 e. The van der Waals surface area contributed by atoms with Gasteiger partial charge in [-0.25, -0.2) is 8.93 Å². The van der Waals surface area contributed by atoms with Gasteiger partial charge < -0.3 is 4.74 Å². The van der Waals surface area contributed by atoms with Gasteiger partial charge in [0.15, 0.2) is 0 Å². The minimum absolute atomic E-state index is 0.148. The van der Waals surface area contributed by atoms with Crippen LogP contribution in [0, 0.1) is 5.92 Å². The lowest BCUT2D eigenvalue weighted by Crippen LogP contribution is -2.44. The molecule has 0 unspecified atom stereocenters. The van der Waals surface area contributed by atoms with Gasteiger partial charge in [-0.3, -0.25) is 4.79 Å². The summed E-state index contributed by atoms with van der Waals surface area (Å²) in [7, 11) is -1.09. The standard InChI is InChI=1S/C16H31NO3S/c1-5-20-15(18)12-11-14(13-9-7-6-8-10-13)17-21(19)16(2,3)4/h13-14,17H,5-12H2,1-4H3/t14-,21-/m1/s1. The van der Waals surface area contributed by atoms with Gasteiger partial charge in [0.1, 0.15) is 0 Å². The zero-order valence-corrected chi connectivity index (χ0v) is 14.8. The lowest BCUT2D eigenvalue weighted by molar-refractivity contribution is -0.143. The van der Waals surface area contributed by atoms with E-state index in [0.29, 0.717) is 25.4 Å². The van der Waals surface area contributed by atoms with Crippen molar-refractivity contribution in [2.24, 2.45) is 5.92 Å². The third-order valence-electron chi connectivity index (χ3n) is 4.00. The van der Waals surface area contributed by atoms with E-state index in [1.165, 1.54) is 32.1 Å². The van der Waals surface area contributed by atoms with Crippen LogP contribution in [0.1, 0.15) is 72.6 Å². The summed E-state index contributed by atoms with van der Waals surface area (Å²) < 4.78 is 20.4. The minimum atomic E-state index is -1.09. The normalized spacial score (nSPS) is 20.0. The van der Waals surface area contributed by atoms with E-state index in [-0.39, 0.29) is 16.8 Å². The van der Waals surface area contributed by atoms with Crippen LogP contribution in [0.3, 0.4) is 0 Å². The molecule has 124 valence electrons. The van der Waals surface area contributed by atoms with Crippen LogP contribution in [0.2, 0.25) is 0 Å². The number of rotatable bonds is 7. The monoisotopic (exact) mass is 317 g/mol. The van der Waals surface area contributed by atoms with Gasteiger partial charge in [0, 0.05) is 12.5 Å². The van der Waals surface area contributed by atoms with Crippen molar-refractivity contribution in [3.05, 3.63) is 0 Å². The Hall–Kier alpha value is -0.420. The van der Waals surface area contributed by atoms with Crippen LogP contribution in [-0.2, 0) is 20.5 Å². The molecule has 0 aromatic heterocycles. The van der Waals surface area contributed by atoms with E-state index in [1.807, 2.05) is 27.7 Å². The average molecular weight is 317 g/mol. The van der Waals surface area contributed by atoms with Gasteiger partial charge in [-0.05, 0) is 52.9 Å². The molecule has 0 aromatic carbocycles. The summed E-state index contributed by atoms with van der Waals surface area (Å²) in [6.45, 7) is 8.16. The fourth-order valence-corrected chi connectivity index (χ4v) is 3.69. The van der Waals surface area contributed by atoms with Crippen molar-refractivity contribution < 1.29 is 13.7 Å². The first-order valence-corrected chi connectivity index (χ1v) is 9.33. The molecule has 1 rings (SSSR count). The van der Waals surface area contributed by atoms with Crippen LogP contribution in [0.4, 0.5) is 0 Å². The number of carbonyl (C=O) groups is 1. The lowest BCUT2D eigenvalue weighted by atomic mass is 9.83. The number of nitrogens with one attached hydrogen (secondary N) is 1. The Morgan fingerprint density at radius 3 is 2.43 bits per heavy atom. The summed E-state index contributed by atoms with van der Waals surface area (Å²) in [4.78, 5) is 11.6. The molecule has 21 heavy (non-hydrogen) atoms. The Kier molecular flexibility index (Phi) is 7.88. The molecule has 1 saturated carbocycles. The second-order valence-electron chi connectivity index (χ2n) is 6.85. The van der Waals surface area contributed by atoms with Crippen LogP contribution in [0.15, 0.2) is 0 Å². The van der Waals surface area contributed by atoms with Gasteiger partial charge >= 0.3 is 5.97 Å². The molecule has 0 aromatic rings. The molecule has 0 amide bonds. The second-order valence-corrected chi connectivity index (χ2v) is 8.85. The van der Waals surface area contributed by atoms with Gasteiger partial charge in [0.2, 0.25) is 0 Å². The average Bonchev–Trinajstić information content (AvgIpc) is 2.43. The highest BCUT2D eigenvalue weighted by Gasteiger charge is 2.29. The predicted octanol–water partition coefficient (Wildman–Crippen LogP) is 3.33. The molecule has 0 spiro atoms. The first kappa shape index (κ1) is 18.6. The number of carbonyl (C=O) groups excluding carboxylic acids is 1. The lowest BCUT2D eigenvalue weighted by Gasteiger charge is -2.32. The smallest absolute Gasteiger partial charge is 0.305 e. The summed E-state index contributed by atoms with van der Waals surface area (Å²) >= 11 is 0. The molecule has 0 aliphatic heterocycles. The van der Waals surface area contributed by atoms with Crippen LogP contribution in [0.5, 0.6) is 0 Å². The minimum Gasteiger partial charge on any atom is -0.466 e. The molecule has 0 bridgehead atoms. The molecule has 1 aliphatic carbocycles. The Labute approximate surface area is 132 Å². The molecule has 1 N–H and O–H groups in total. The fraction of sp³-hybridized carbons (Fsp3) is 0.938. The van der Waals surface area contributed by atoms with Crippen molar-refractivity contribution in [1.29, 1.82) is 0 Å². The van der Waals surface area contributed by atoms with Crippen molar-refractivity contribution in [1.82, 2.24) is 4.72 Å². The van der Waals surface area contributed by atoms with Crippen LogP contribution < -0.4 is 4.72 Å². The van der Waals surface area contributed by atoms with Crippen molar-refractivity contribution >= 4 is 17.0 Å². The van der Waals surface area contributed by atoms with Crippen molar-refractivity contribution in [3.8, 4) is 0 Å². The van der Waals surface area contributed by atoms with Crippen LogP contribution >= 0.6 is 0 Å². The highest BCUT2D eigenvalue weighted by molar-refractivity contribution is 7.84. The molecule has 1 fully saturated rings. The zero-order valence-electron chi connectivity index (χ0n) is 13.9. The predicted molar refractivity (Wildman–Crippen MR) is 87.3 cm³/mol. The Bertz CT molecular complexity index is 346. The van der Waals surface area contributed by atoms with E-state index in [9.17, 15) is 9.00 Å². The van der Waals surface area contributed by atoms with Crippen molar-refractivity contribution in [3.63, 3.8) is 0 Å². The summed E-state index contributed by atoms with van der Waals surface area (Å²) in [5, 5.41) is 0. The van der Waals surface area contributed by atoms with E-state index in [2.05, 4.69) is 4.72 Å². The maximum absolute atomic E-state index is 12.4. The van der Waals surface area contributed by atoms with Crippen LogP contribution in [0.25, 0.3) is 0 Å². The quantitative estimate of drug-likeness (QED) is 0.733. The summed E-state index contributed by atoms with van der Waals surface area (Å²) in [6.07, 6.45) is 7.23. The maximum atomic E-state index is 12.4. The number of hydrogen-bond donors (Lipinski definition) is 1. The SMILES string of the molecule is CCOC(=O)CC[C@@H](N[S@](=O)C(C)(C)C)C1CCCCC1. The zero-order chi connectivity index (χ0) is 15.9. The first-order chi connectivity index (χ1) is 9.84. The summed E-state index contributed by atoms with van der Waals surface area (Å²) in [5.74, 6) is 0.376. The van der Waals surface area contributed by atoms with Gasteiger partial charge in [-0.1, -0.05) is 19.3 Å². The third kappa shape index (κ3) is 6.92. The Balaban J connectivity index is 2.60. The van der Waals surface area contributed by atoms with Gasteiger partial charge in [0.05, 0.1) is 22.3 Å². The Morgan fingerprint density at radius 2 is 1.90 bits per heavy atom. The molecular formula is C16H31NO3S. The second kappa shape index (κ2) is 8.89. The first-order valence-electron chi connectivity index (χ1n) is 8.18. The molecule has 0 heterocycles. The number of ether oxygens (including phenoxy) is 1. The van der Waals surface area contributed by atoms with Crippen molar-refractivity contribution in [2.75, 3.05) is 6.61 Å². The molecule has 0 saturated heterocycles. The number of esters is 1. The highest BCUT2D eigenvalue weighted by Crippen LogP contribution is 2.29. The van der Waals surface area contributed by atoms with Crippen LogP contribution in [-0.4, -0.2) is 27.6 Å². The highest BCUT2D eigenvalue weighted by atomic mass is 32.2. The van der Waals surface area contributed by atoms with Gasteiger partial charge in [0.25, 0.3) is 0 Å². The number of hydrogen-bond acceptors (Lipinski definition) is 3. The topological polar surface area (TPSA) is 55.4 Å². The van der Waals surface area contributed by atoms with E-state index in [4.69, 9.17) is 4.74 Å². The van der Waals surface area contributed by atoms with Crippen molar-refractivity contribution in [2.45, 2.75) is 83.4 Å². The van der Waals surface area contributed by atoms with E-state index >= 15 is 0 Å². The molecule has 1 aliphatic rings. The fourth-order valence-electron chi connectivity index (χ4n) is 2.75. The van der Waals surface area contributed by atoms with E-state index in [0.717, 1.165) is 0 Å². The molecule has 2 atom stereocenters. The summed E-state index contributed by atoms with van der Waals surface area (Å²) in [6, 6.07) is 0.148. The maximum Gasteiger partial charge on any atom is 0.305 e. The third-order valence-corrected chi connectivity index (χ3v) is 5.63.